The molecule has 0 aliphatic heterocycles. The zero-order chi connectivity index (χ0) is 43.6. The van der Waals surface area contributed by atoms with Crippen LogP contribution in [0.5, 0.6) is 0 Å². The van der Waals surface area contributed by atoms with Crippen LogP contribution in [-0.2, 0) is 0 Å². The summed E-state index contributed by atoms with van der Waals surface area (Å²) in [6, 6.07) is 81.0. The molecule has 3 heterocycles. The van der Waals surface area contributed by atoms with Gasteiger partial charge >= 0.3 is 0 Å². The molecule has 0 aliphatic rings. The Hall–Kier alpha value is -8.86. The lowest BCUT2D eigenvalue weighted by Gasteiger charge is -2.13. The number of nitrogens with zero attached hydrogens (tertiary/aromatic N) is 2. The second kappa shape index (κ2) is 15.4. The number of furan rings is 2. The van der Waals surface area contributed by atoms with Crippen molar-refractivity contribution < 1.29 is 8.83 Å². The summed E-state index contributed by atoms with van der Waals surface area (Å²) in [5.74, 6) is 0.683. The van der Waals surface area contributed by atoms with E-state index in [-0.39, 0.29) is 0 Å². The summed E-state index contributed by atoms with van der Waals surface area (Å²) in [6.07, 6.45) is 0. The summed E-state index contributed by atoms with van der Waals surface area (Å²) in [5, 5.41) is 6.87. The van der Waals surface area contributed by atoms with Gasteiger partial charge in [-0.2, -0.15) is 0 Å². The smallest absolute Gasteiger partial charge is 0.160 e. The summed E-state index contributed by atoms with van der Waals surface area (Å²) in [7, 11) is 0. The molecule has 13 aromatic rings. The van der Waals surface area contributed by atoms with Gasteiger partial charge in [-0.3, -0.25) is 0 Å². The molecule has 0 aliphatic carbocycles. The highest BCUT2D eigenvalue weighted by Gasteiger charge is 2.18. The van der Waals surface area contributed by atoms with Crippen LogP contribution in [0, 0.1) is 0 Å². The molecule has 10 aromatic carbocycles. The van der Waals surface area contributed by atoms with E-state index in [1.54, 1.807) is 0 Å². The third-order valence-electron chi connectivity index (χ3n) is 12.9. The van der Waals surface area contributed by atoms with Crippen molar-refractivity contribution in [1.82, 2.24) is 9.97 Å². The first kappa shape index (κ1) is 37.7. The molecule has 308 valence electrons. The molecule has 0 amide bonds. The first-order valence-electron chi connectivity index (χ1n) is 22.3. The van der Waals surface area contributed by atoms with Gasteiger partial charge in [-0.25, -0.2) is 9.97 Å². The lowest BCUT2D eigenvalue weighted by atomic mass is 9.91. The molecule has 4 nitrogen and oxygen atoms in total. The second-order valence-electron chi connectivity index (χ2n) is 16.9. The van der Waals surface area contributed by atoms with Crippen molar-refractivity contribution in [1.29, 1.82) is 0 Å². The van der Waals surface area contributed by atoms with E-state index in [1.165, 1.54) is 21.9 Å². The van der Waals surface area contributed by atoms with E-state index in [0.717, 1.165) is 105 Å². The monoisotopic (exact) mass is 842 g/mol. The Kier molecular flexibility index (Phi) is 8.81. The minimum absolute atomic E-state index is 0.683. The highest BCUT2D eigenvalue weighted by molar-refractivity contribution is 6.12. The van der Waals surface area contributed by atoms with Crippen LogP contribution in [0.25, 0.3) is 133 Å². The Morgan fingerprint density at radius 2 is 0.697 bits per heavy atom. The van der Waals surface area contributed by atoms with Crippen LogP contribution in [-0.4, -0.2) is 9.97 Å². The Labute approximate surface area is 380 Å². The van der Waals surface area contributed by atoms with Crippen molar-refractivity contribution in [2.75, 3.05) is 0 Å². The van der Waals surface area contributed by atoms with Crippen LogP contribution in [0.4, 0.5) is 0 Å². The molecule has 0 bridgehead atoms. The number of hydrogen-bond donors (Lipinski definition) is 0. The maximum Gasteiger partial charge on any atom is 0.160 e. The number of rotatable bonds is 7. The molecule has 0 spiro atoms. The van der Waals surface area contributed by atoms with Gasteiger partial charge in [0.2, 0.25) is 0 Å². The fourth-order valence-electron chi connectivity index (χ4n) is 9.64. The van der Waals surface area contributed by atoms with E-state index >= 15 is 0 Å². The number of para-hydroxylation sites is 4. The highest BCUT2D eigenvalue weighted by atomic mass is 16.3. The standard InChI is InChI=1S/C62H38N2O2/c1-2-14-44(15-3-1)62-63-56(38-57(64-62)43-33-29-41(30-34-43)49-20-10-16-40-13-4-5-17-48(40)49)42-31-27-39(28-32-42)45-35-46(50-21-11-23-54-52-18-6-8-25-58(52)65-60(50)54)37-47(36-45)51-22-12-24-55-53-19-7-9-26-59(53)66-61(51)55/h1-38H. The third kappa shape index (κ3) is 6.46. The van der Waals surface area contributed by atoms with Gasteiger partial charge in [-0.05, 0) is 80.6 Å². The molecule has 0 atom stereocenters. The van der Waals surface area contributed by atoms with Crippen molar-refractivity contribution in [3.05, 3.63) is 231 Å². The normalized spacial score (nSPS) is 11.6. The Morgan fingerprint density at radius 1 is 0.258 bits per heavy atom. The molecule has 0 fully saturated rings. The molecular formula is C62H38N2O2. The van der Waals surface area contributed by atoms with E-state index < -0.39 is 0 Å². The molecule has 4 heteroatoms. The van der Waals surface area contributed by atoms with Gasteiger partial charge in [0.25, 0.3) is 0 Å². The molecule has 3 aromatic heterocycles. The number of aromatic nitrogens is 2. The quantitative estimate of drug-likeness (QED) is 0.160. The van der Waals surface area contributed by atoms with Crippen LogP contribution in [0.1, 0.15) is 0 Å². The lowest BCUT2D eigenvalue weighted by Crippen LogP contribution is -1.96. The summed E-state index contributed by atoms with van der Waals surface area (Å²) in [6.45, 7) is 0. The largest absolute Gasteiger partial charge is 0.455 e. The van der Waals surface area contributed by atoms with E-state index in [4.69, 9.17) is 18.8 Å². The number of benzene rings is 10. The van der Waals surface area contributed by atoms with Gasteiger partial charge < -0.3 is 8.83 Å². The van der Waals surface area contributed by atoms with Crippen LogP contribution in [0.15, 0.2) is 239 Å². The molecule has 13 rings (SSSR count). The Morgan fingerprint density at radius 3 is 1.30 bits per heavy atom. The average Bonchev–Trinajstić information content (AvgIpc) is 3.98. The van der Waals surface area contributed by atoms with Gasteiger partial charge in [0.1, 0.15) is 22.3 Å². The van der Waals surface area contributed by atoms with Crippen molar-refractivity contribution in [2.45, 2.75) is 0 Å². The summed E-state index contributed by atoms with van der Waals surface area (Å²) >= 11 is 0. The van der Waals surface area contributed by atoms with E-state index in [2.05, 4.69) is 188 Å². The minimum atomic E-state index is 0.683. The van der Waals surface area contributed by atoms with Gasteiger partial charge in [-0.1, -0.05) is 194 Å². The molecule has 0 radical (unpaired) electrons. The molecule has 66 heavy (non-hydrogen) atoms. The van der Waals surface area contributed by atoms with E-state index in [0.29, 0.717) is 5.82 Å². The zero-order valence-electron chi connectivity index (χ0n) is 35.7. The molecular weight excluding hydrogens is 805 g/mol. The zero-order valence-corrected chi connectivity index (χ0v) is 35.7. The summed E-state index contributed by atoms with van der Waals surface area (Å²) in [5.41, 5.74) is 16.9. The van der Waals surface area contributed by atoms with Crippen LogP contribution in [0.3, 0.4) is 0 Å². The summed E-state index contributed by atoms with van der Waals surface area (Å²) in [4.78, 5) is 10.3. The highest BCUT2D eigenvalue weighted by Crippen LogP contribution is 2.42. The van der Waals surface area contributed by atoms with Crippen molar-refractivity contribution in [3.8, 4) is 78.4 Å². The molecule has 0 N–H and O–H groups in total. The number of hydrogen-bond acceptors (Lipinski definition) is 4. The van der Waals surface area contributed by atoms with Crippen molar-refractivity contribution >= 4 is 54.6 Å². The van der Waals surface area contributed by atoms with Crippen LogP contribution >= 0.6 is 0 Å². The Bertz CT molecular complexity index is 3840. The maximum atomic E-state index is 6.60. The fraction of sp³-hybridized carbons (Fsp3) is 0. The maximum absolute atomic E-state index is 6.60. The predicted octanol–water partition coefficient (Wildman–Crippen LogP) is 17.1. The molecule has 0 saturated carbocycles. The average molecular weight is 843 g/mol. The minimum Gasteiger partial charge on any atom is -0.455 e. The van der Waals surface area contributed by atoms with E-state index in [1.807, 2.05) is 42.5 Å². The Balaban J connectivity index is 0.928. The van der Waals surface area contributed by atoms with E-state index in [9.17, 15) is 0 Å². The SMILES string of the molecule is c1ccc(-c2nc(-c3ccc(-c4cc(-c5cccc6c5oc5ccccc56)cc(-c5cccc6c5oc5ccccc56)c4)cc3)cc(-c3ccc(-c4cccc5ccccc45)cc3)n2)cc1. The lowest BCUT2D eigenvalue weighted by molar-refractivity contribution is 0.670. The van der Waals surface area contributed by atoms with Crippen LogP contribution in [0.2, 0.25) is 0 Å². The van der Waals surface area contributed by atoms with Gasteiger partial charge in [0.15, 0.2) is 5.82 Å². The second-order valence-corrected chi connectivity index (χ2v) is 16.9. The fourth-order valence-corrected chi connectivity index (χ4v) is 9.64. The van der Waals surface area contributed by atoms with Gasteiger partial charge in [0, 0.05) is 49.4 Å². The van der Waals surface area contributed by atoms with Gasteiger partial charge in [0.05, 0.1) is 11.4 Å². The first-order valence-corrected chi connectivity index (χ1v) is 22.3. The third-order valence-corrected chi connectivity index (χ3v) is 12.9. The topological polar surface area (TPSA) is 52.1 Å². The molecule has 0 unspecified atom stereocenters. The first-order chi connectivity index (χ1) is 32.7. The number of fused-ring (bicyclic) bond motifs is 7. The molecule has 0 saturated heterocycles. The van der Waals surface area contributed by atoms with Crippen molar-refractivity contribution in [3.63, 3.8) is 0 Å². The summed E-state index contributed by atoms with van der Waals surface area (Å²) < 4.78 is 13.2. The van der Waals surface area contributed by atoms with Crippen LogP contribution < -0.4 is 0 Å². The van der Waals surface area contributed by atoms with Gasteiger partial charge in [-0.15, -0.1) is 0 Å². The predicted molar refractivity (Wildman–Crippen MR) is 272 cm³/mol. The van der Waals surface area contributed by atoms with Crippen molar-refractivity contribution in [2.24, 2.45) is 0 Å².